The third-order valence-corrected chi connectivity index (χ3v) is 5.04. The topological polar surface area (TPSA) is 41.9 Å². The van der Waals surface area contributed by atoms with Crippen molar-refractivity contribution in [2.45, 2.75) is 12.7 Å². The van der Waals surface area contributed by atoms with E-state index in [0.29, 0.717) is 36.0 Å². The molecule has 0 saturated carbocycles. The molecule has 2 aromatic rings. The molecule has 2 aromatic carbocycles. The summed E-state index contributed by atoms with van der Waals surface area (Å²) in [6.45, 7) is 3.65. The lowest BCUT2D eigenvalue weighted by Gasteiger charge is -2.19. The van der Waals surface area contributed by atoms with Gasteiger partial charge in [-0.1, -0.05) is 47.6 Å². The molecule has 6 heteroatoms. The minimum absolute atomic E-state index is 0.0705. The number of rotatable bonds is 5. The zero-order chi connectivity index (χ0) is 17.6. The first-order valence-electron chi connectivity index (χ1n) is 8.14. The molecule has 1 heterocycles. The Hall–Kier alpha value is -1.98. The van der Waals surface area contributed by atoms with E-state index >= 15 is 0 Å². The number of carbonyl (C=O) groups is 1. The van der Waals surface area contributed by atoms with Crippen LogP contribution in [0.5, 0.6) is 5.75 Å². The number of hydrogen-bond donors (Lipinski definition) is 0. The van der Waals surface area contributed by atoms with E-state index in [-0.39, 0.29) is 5.91 Å². The van der Waals surface area contributed by atoms with Crippen molar-refractivity contribution in [3.05, 3.63) is 64.7 Å². The van der Waals surface area contributed by atoms with E-state index in [1.54, 1.807) is 22.7 Å². The third-order valence-electron chi connectivity index (χ3n) is 3.72. The molecule has 0 aliphatic carbocycles. The smallest absolute Gasteiger partial charge is 0.263 e. The van der Waals surface area contributed by atoms with E-state index in [1.807, 2.05) is 49.4 Å². The first-order valence-corrected chi connectivity index (χ1v) is 9.50. The normalized spacial score (nSPS) is 13.7. The molecular weight excluding hydrogens is 356 g/mol. The number of thioether (sulfide) groups is 1. The van der Waals surface area contributed by atoms with Crippen molar-refractivity contribution in [3.8, 4) is 5.75 Å². The summed E-state index contributed by atoms with van der Waals surface area (Å²) >= 11 is 7.58. The molecule has 0 atom stereocenters. The van der Waals surface area contributed by atoms with Gasteiger partial charge in [0, 0.05) is 17.3 Å². The largest absolute Gasteiger partial charge is 0.493 e. The Morgan fingerprint density at radius 1 is 1.28 bits per heavy atom. The molecule has 3 rings (SSSR count). The maximum absolute atomic E-state index is 12.9. The van der Waals surface area contributed by atoms with Gasteiger partial charge in [0.25, 0.3) is 5.91 Å². The molecule has 1 aliphatic heterocycles. The number of nitrogens with zero attached hydrogens (tertiary/aromatic N) is 2. The molecule has 25 heavy (non-hydrogen) atoms. The summed E-state index contributed by atoms with van der Waals surface area (Å²) in [4.78, 5) is 19.2. The molecule has 130 valence electrons. The summed E-state index contributed by atoms with van der Waals surface area (Å²) < 4.78 is 5.59. The number of amidine groups is 1. The fourth-order valence-corrected chi connectivity index (χ4v) is 3.78. The van der Waals surface area contributed by atoms with Gasteiger partial charge in [0.05, 0.1) is 18.7 Å². The Labute approximate surface area is 156 Å². The van der Waals surface area contributed by atoms with Crippen LogP contribution in [0.4, 0.5) is 0 Å². The van der Waals surface area contributed by atoms with Gasteiger partial charge in [-0.05, 0) is 36.8 Å². The third kappa shape index (κ3) is 4.35. The minimum atomic E-state index is -0.0705. The van der Waals surface area contributed by atoms with Gasteiger partial charge in [-0.25, -0.2) is 0 Å². The maximum atomic E-state index is 12.9. The molecule has 0 aromatic heterocycles. The van der Waals surface area contributed by atoms with Gasteiger partial charge in [0.2, 0.25) is 0 Å². The Bertz CT molecular complexity index is 794. The number of hydrogen-bond acceptors (Lipinski definition) is 4. The van der Waals surface area contributed by atoms with Crippen molar-refractivity contribution < 1.29 is 9.53 Å². The number of halogens is 1. The van der Waals surface area contributed by atoms with Crippen LogP contribution in [0, 0.1) is 0 Å². The minimum Gasteiger partial charge on any atom is -0.493 e. The second-order valence-corrected chi connectivity index (χ2v) is 6.85. The highest BCUT2D eigenvalue weighted by molar-refractivity contribution is 8.13. The highest BCUT2D eigenvalue weighted by Crippen LogP contribution is 2.25. The molecule has 0 radical (unpaired) electrons. The van der Waals surface area contributed by atoms with Crippen molar-refractivity contribution in [1.29, 1.82) is 0 Å². The fraction of sp³-hybridized carbons (Fsp3) is 0.263. The molecule has 0 bridgehead atoms. The first kappa shape index (κ1) is 17.8. The van der Waals surface area contributed by atoms with Gasteiger partial charge >= 0.3 is 0 Å². The van der Waals surface area contributed by atoms with Crippen molar-refractivity contribution in [2.75, 3.05) is 19.7 Å². The number of aliphatic imine (C=N–C) groups is 1. The second-order valence-electron chi connectivity index (χ2n) is 5.47. The summed E-state index contributed by atoms with van der Waals surface area (Å²) in [6, 6.07) is 15.1. The molecule has 0 saturated heterocycles. The van der Waals surface area contributed by atoms with Gasteiger partial charge in [0.1, 0.15) is 5.75 Å². The highest BCUT2D eigenvalue weighted by Gasteiger charge is 2.27. The SMILES string of the molecule is CCOc1ccccc1C(=O)N1CCN=C1SCc1cccc(Cl)c1. The number of para-hydroxylation sites is 1. The van der Waals surface area contributed by atoms with Crippen LogP contribution in [0.2, 0.25) is 5.02 Å². The Morgan fingerprint density at radius 2 is 2.12 bits per heavy atom. The van der Waals surface area contributed by atoms with Gasteiger partial charge in [0.15, 0.2) is 5.17 Å². The van der Waals surface area contributed by atoms with E-state index in [1.165, 1.54) is 0 Å². The van der Waals surface area contributed by atoms with Gasteiger partial charge in [-0.3, -0.25) is 14.7 Å². The Balaban J connectivity index is 1.72. The van der Waals surface area contributed by atoms with Crippen molar-refractivity contribution in [2.24, 2.45) is 4.99 Å². The summed E-state index contributed by atoms with van der Waals surface area (Å²) in [6.07, 6.45) is 0. The molecular formula is C19H19ClN2O2S. The molecule has 0 N–H and O–H groups in total. The van der Waals surface area contributed by atoms with Crippen LogP contribution in [-0.2, 0) is 5.75 Å². The number of benzene rings is 2. The van der Waals surface area contributed by atoms with Crippen LogP contribution in [0.25, 0.3) is 0 Å². The summed E-state index contributed by atoms with van der Waals surface area (Å²) in [7, 11) is 0. The molecule has 0 unspecified atom stereocenters. The van der Waals surface area contributed by atoms with Crippen LogP contribution in [0.15, 0.2) is 53.5 Å². The molecule has 0 spiro atoms. The van der Waals surface area contributed by atoms with Crippen LogP contribution in [-0.4, -0.2) is 35.7 Å². The predicted octanol–water partition coefficient (Wildman–Crippen LogP) is 4.48. The molecule has 4 nitrogen and oxygen atoms in total. The van der Waals surface area contributed by atoms with Gasteiger partial charge < -0.3 is 4.74 Å². The summed E-state index contributed by atoms with van der Waals surface area (Å²) in [5, 5.41) is 1.46. The monoisotopic (exact) mass is 374 g/mol. The van der Waals surface area contributed by atoms with Crippen LogP contribution in [0.3, 0.4) is 0 Å². The van der Waals surface area contributed by atoms with E-state index in [9.17, 15) is 4.79 Å². The van der Waals surface area contributed by atoms with E-state index < -0.39 is 0 Å². The summed E-state index contributed by atoms with van der Waals surface area (Å²) in [5.74, 6) is 1.26. The average molecular weight is 375 g/mol. The van der Waals surface area contributed by atoms with Crippen molar-refractivity contribution in [1.82, 2.24) is 4.90 Å². The van der Waals surface area contributed by atoms with Crippen molar-refractivity contribution in [3.63, 3.8) is 0 Å². The lowest BCUT2D eigenvalue weighted by molar-refractivity contribution is 0.0856. The first-order chi connectivity index (χ1) is 12.2. The fourth-order valence-electron chi connectivity index (χ4n) is 2.58. The van der Waals surface area contributed by atoms with Crippen molar-refractivity contribution >= 4 is 34.4 Å². The summed E-state index contributed by atoms with van der Waals surface area (Å²) in [5.41, 5.74) is 1.68. The lowest BCUT2D eigenvalue weighted by Crippen LogP contribution is -2.33. The quantitative estimate of drug-likeness (QED) is 0.774. The molecule has 1 amide bonds. The van der Waals surface area contributed by atoms with E-state index in [0.717, 1.165) is 16.5 Å². The zero-order valence-corrected chi connectivity index (χ0v) is 15.5. The molecule has 0 fully saturated rings. The van der Waals surface area contributed by atoms with Crippen LogP contribution < -0.4 is 4.74 Å². The Kier molecular flexibility index (Phi) is 6.00. The number of amides is 1. The average Bonchev–Trinajstić information content (AvgIpc) is 3.09. The van der Waals surface area contributed by atoms with Gasteiger partial charge in [-0.2, -0.15) is 0 Å². The lowest BCUT2D eigenvalue weighted by atomic mass is 10.2. The van der Waals surface area contributed by atoms with Crippen LogP contribution >= 0.6 is 23.4 Å². The number of carbonyl (C=O) groups excluding carboxylic acids is 1. The van der Waals surface area contributed by atoms with Gasteiger partial charge in [-0.15, -0.1) is 0 Å². The maximum Gasteiger partial charge on any atom is 0.263 e. The Morgan fingerprint density at radius 3 is 2.92 bits per heavy atom. The predicted molar refractivity (Wildman–Crippen MR) is 104 cm³/mol. The van der Waals surface area contributed by atoms with Crippen LogP contribution in [0.1, 0.15) is 22.8 Å². The molecule has 1 aliphatic rings. The van der Waals surface area contributed by atoms with E-state index in [4.69, 9.17) is 16.3 Å². The highest BCUT2D eigenvalue weighted by atomic mass is 35.5. The zero-order valence-electron chi connectivity index (χ0n) is 13.9. The second kappa shape index (κ2) is 8.41. The number of ether oxygens (including phenoxy) is 1. The van der Waals surface area contributed by atoms with E-state index in [2.05, 4.69) is 4.99 Å². The standard InChI is InChI=1S/C19H19ClN2O2S/c1-2-24-17-9-4-3-8-16(17)18(23)22-11-10-21-19(22)25-13-14-6-5-7-15(20)12-14/h3-9,12H,2,10-11,13H2,1H3.